The Morgan fingerprint density at radius 1 is 1.31 bits per heavy atom. The average molecular weight is 369 g/mol. The van der Waals surface area contributed by atoms with Crippen molar-refractivity contribution in [3.8, 4) is 0 Å². The van der Waals surface area contributed by atoms with E-state index in [0.29, 0.717) is 6.42 Å². The summed E-state index contributed by atoms with van der Waals surface area (Å²) < 4.78 is 1.77. The molecule has 0 radical (unpaired) electrons. The Kier molecular flexibility index (Phi) is 4.85. The van der Waals surface area contributed by atoms with Crippen LogP contribution in [0.5, 0.6) is 0 Å². The Bertz CT molecular complexity index is 879. The van der Waals surface area contributed by atoms with E-state index in [-0.39, 0.29) is 23.6 Å². The predicted octanol–water partition coefficient (Wildman–Crippen LogP) is 3.04. The summed E-state index contributed by atoms with van der Waals surface area (Å²) in [7, 11) is 0. The van der Waals surface area contributed by atoms with Gasteiger partial charge in [-0.15, -0.1) is 0 Å². The van der Waals surface area contributed by atoms with Gasteiger partial charge in [-0.05, 0) is 38.2 Å². The minimum absolute atomic E-state index is 0.0237. The van der Waals surface area contributed by atoms with Crippen LogP contribution in [-0.2, 0) is 17.6 Å². The molecule has 0 saturated carbocycles. The van der Waals surface area contributed by atoms with Crippen molar-refractivity contribution < 1.29 is 4.79 Å². The summed E-state index contributed by atoms with van der Waals surface area (Å²) in [6.07, 6.45) is 4.19. The molecule has 1 amide bonds. The van der Waals surface area contributed by atoms with Crippen LogP contribution in [0.25, 0.3) is 0 Å². The third-order valence-electron chi connectivity index (χ3n) is 5.22. The molecule has 2 unspecified atom stereocenters. The number of carbonyl (C=O) groups is 1. The lowest BCUT2D eigenvalue weighted by Crippen LogP contribution is -2.34. The van der Waals surface area contributed by atoms with E-state index in [1.165, 1.54) is 0 Å². The molecular formula is C20H23N3O2S. The fraction of sp³-hybridized carbons (Fsp3) is 0.450. The number of fused-ring (bicyclic) bond motifs is 2. The first-order valence-electron chi connectivity index (χ1n) is 9.25. The standard InChI is InChI=1S/C20H23N3O2S/c1-13(14-7-3-2-4-8-14)21-18(24)11-15-12-26-20-22-17-10-6-5-9-16(17)19(25)23(15)20/h2-4,7-8,13,15H,5-6,9-12H2,1H3,(H,21,24). The summed E-state index contributed by atoms with van der Waals surface area (Å²) in [5, 5.41) is 3.83. The normalized spacial score (nSPS) is 19.5. The third-order valence-corrected chi connectivity index (χ3v) is 6.32. The molecule has 1 aliphatic carbocycles. The quantitative estimate of drug-likeness (QED) is 0.842. The zero-order valence-corrected chi connectivity index (χ0v) is 15.7. The van der Waals surface area contributed by atoms with E-state index >= 15 is 0 Å². The third kappa shape index (κ3) is 3.30. The van der Waals surface area contributed by atoms with E-state index in [2.05, 4.69) is 5.32 Å². The highest BCUT2D eigenvalue weighted by molar-refractivity contribution is 7.99. The van der Waals surface area contributed by atoms with Crippen molar-refractivity contribution in [2.24, 2.45) is 0 Å². The first kappa shape index (κ1) is 17.3. The number of carbonyl (C=O) groups excluding carboxylic acids is 1. The zero-order chi connectivity index (χ0) is 18.1. The number of hydrogen-bond acceptors (Lipinski definition) is 4. The maximum absolute atomic E-state index is 12.9. The van der Waals surface area contributed by atoms with Gasteiger partial charge in [0.2, 0.25) is 5.91 Å². The smallest absolute Gasteiger partial charge is 0.257 e. The first-order chi connectivity index (χ1) is 12.6. The second kappa shape index (κ2) is 7.27. The molecule has 1 aliphatic heterocycles. The van der Waals surface area contributed by atoms with Crippen LogP contribution >= 0.6 is 11.8 Å². The van der Waals surface area contributed by atoms with Gasteiger partial charge in [0.25, 0.3) is 5.56 Å². The van der Waals surface area contributed by atoms with E-state index in [0.717, 1.165) is 53.4 Å². The number of benzene rings is 1. The second-order valence-electron chi connectivity index (χ2n) is 7.07. The van der Waals surface area contributed by atoms with E-state index in [9.17, 15) is 9.59 Å². The number of amides is 1. The van der Waals surface area contributed by atoms with Crippen molar-refractivity contribution in [3.05, 3.63) is 57.5 Å². The van der Waals surface area contributed by atoms with Crippen LogP contribution in [0.3, 0.4) is 0 Å². The van der Waals surface area contributed by atoms with Crippen LogP contribution < -0.4 is 10.9 Å². The molecule has 26 heavy (non-hydrogen) atoms. The fourth-order valence-corrected chi connectivity index (χ4v) is 4.96. The van der Waals surface area contributed by atoms with Gasteiger partial charge in [-0.25, -0.2) is 4.98 Å². The van der Waals surface area contributed by atoms with Gasteiger partial charge in [0.05, 0.1) is 17.8 Å². The number of aromatic nitrogens is 2. The van der Waals surface area contributed by atoms with Crippen LogP contribution in [-0.4, -0.2) is 21.2 Å². The van der Waals surface area contributed by atoms with Crippen molar-refractivity contribution in [2.75, 3.05) is 5.75 Å². The van der Waals surface area contributed by atoms with Gasteiger partial charge in [-0.3, -0.25) is 14.2 Å². The molecule has 4 rings (SSSR count). The van der Waals surface area contributed by atoms with Crippen LogP contribution in [0.4, 0.5) is 0 Å². The molecule has 1 N–H and O–H groups in total. The SMILES string of the molecule is CC(NC(=O)CC1CSc2nc3c(c(=O)n21)CCCC3)c1ccccc1. The predicted molar refractivity (Wildman–Crippen MR) is 103 cm³/mol. The van der Waals surface area contributed by atoms with E-state index in [1.807, 2.05) is 37.3 Å². The lowest BCUT2D eigenvalue weighted by Gasteiger charge is -2.20. The van der Waals surface area contributed by atoms with Crippen molar-refractivity contribution in [3.63, 3.8) is 0 Å². The Labute approximate surface area is 157 Å². The van der Waals surface area contributed by atoms with Crippen molar-refractivity contribution in [2.45, 2.75) is 56.3 Å². The van der Waals surface area contributed by atoms with Gasteiger partial charge in [0.15, 0.2) is 5.16 Å². The summed E-state index contributed by atoms with van der Waals surface area (Å²) in [6.45, 7) is 1.98. The lowest BCUT2D eigenvalue weighted by atomic mass is 9.97. The Balaban J connectivity index is 1.49. The average Bonchev–Trinajstić information content (AvgIpc) is 3.05. The number of rotatable bonds is 4. The molecule has 5 nitrogen and oxygen atoms in total. The molecule has 2 atom stereocenters. The molecule has 1 aromatic carbocycles. The Morgan fingerprint density at radius 2 is 2.08 bits per heavy atom. The summed E-state index contributed by atoms with van der Waals surface area (Å²) in [6, 6.07) is 9.76. The van der Waals surface area contributed by atoms with Crippen LogP contribution in [0.2, 0.25) is 0 Å². The lowest BCUT2D eigenvalue weighted by molar-refractivity contribution is -0.122. The molecular weight excluding hydrogens is 346 g/mol. The van der Waals surface area contributed by atoms with Gasteiger partial charge in [-0.1, -0.05) is 42.1 Å². The van der Waals surface area contributed by atoms with Gasteiger partial charge >= 0.3 is 0 Å². The van der Waals surface area contributed by atoms with E-state index < -0.39 is 0 Å². The van der Waals surface area contributed by atoms with E-state index in [4.69, 9.17) is 4.98 Å². The highest BCUT2D eigenvalue weighted by Gasteiger charge is 2.30. The van der Waals surface area contributed by atoms with Crippen molar-refractivity contribution >= 4 is 17.7 Å². The molecule has 2 aromatic rings. The van der Waals surface area contributed by atoms with Gasteiger partial charge in [-0.2, -0.15) is 0 Å². The number of nitrogens with one attached hydrogen (secondary N) is 1. The molecule has 6 heteroatoms. The highest BCUT2D eigenvalue weighted by atomic mass is 32.2. The van der Waals surface area contributed by atoms with Crippen molar-refractivity contribution in [1.29, 1.82) is 0 Å². The Morgan fingerprint density at radius 3 is 2.88 bits per heavy atom. The maximum Gasteiger partial charge on any atom is 0.257 e. The molecule has 0 saturated heterocycles. The topological polar surface area (TPSA) is 64.0 Å². The number of aryl methyl sites for hydroxylation is 1. The zero-order valence-electron chi connectivity index (χ0n) is 14.9. The maximum atomic E-state index is 12.9. The first-order valence-corrected chi connectivity index (χ1v) is 10.2. The number of hydrogen-bond donors (Lipinski definition) is 1. The minimum atomic E-state index is -0.106. The highest BCUT2D eigenvalue weighted by Crippen LogP contribution is 2.33. The van der Waals surface area contributed by atoms with Gasteiger partial charge in [0.1, 0.15) is 0 Å². The molecule has 1 aromatic heterocycles. The Hall–Kier alpha value is -2.08. The molecule has 2 aliphatic rings. The second-order valence-corrected chi connectivity index (χ2v) is 8.06. The summed E-state index contributed by atoms with van der Waals surface area (Å²) in [5.74, 6) is 0.711. The largest absolute Gasteiger partial charge is 0.350 e. The summed E-state index contributed by atoms with van der Waals surface area (Å²) in [4.78, 5) is 30.2. The molecule has 2 heterocycles. The van der Waals surface area contributed by atoms with Gasteiger partial charge < -0.3 is 5.32 Å². The monoisotopic (exact) mass is 369 g/mol. The van der Waals surface area contributed by atoms with Gasteiger partial charge in [0, 0.05) is 17.7 Å². The summed E-state index contributed by atoms with van der Waals surface area (Å²) in [5.41, 5.74) is 2.99. The van der Waals surface area contributed by atoms with Crippen LogP contribution in [0.1, 0.15) is 55.1 Å². The van der Waals surface area contributed by atoms with Crippen LogP contribution in [0.15, 0.2) is 40.3 Å². The molecule has 0 spiro atoms. The van der Waals surface area contributed by atoms with Crippen LogP contribution in [0, 0.1) is 0 Å². The van der Waals surface area contributed by atoms with Crippen molar-refractivity contribution in [1.82, 2.24) is 14.9 Å². The molecule has 0 bridgehead atoms. The molecule has 0 fully saturated rings. The molecule has 136 valence electrons. The number of nitrogens with zero attached hydrogens (tertiary/aromatic N) is 2. The number of thioether (sulfide) groups is 1. The minimum Gasteiger partial charge on any atom is -0.350 e. The summed E-state index contributed by atoms with van der Waals surface area (Å²) >= 11 is 1.59. The fourth-order valence-electron chi connectivity index (χ4n) is 3.80. The van der Waals surface area contributed by atoms with E-state index in [1.54, 1.807) is 16.3 Å².